The van der Waals surface area contributed by atoms with Crippen LogP contribution in [-0.2, 0) is 11.3 Å². The summed E-state index contributed by atoms with van der Waals surface area (Å²) in [5.74, 6) is -1.27. The Kier molecular flexibility index (Phi) is 11.4. The van der Waals surface area contributed by atoms with Gasteiger partial charge in [0, 0.05) is 30.8 Å². The van der Waals surface area contributed by atoms with Crippen molar-refractivity contribution < 1.29 is 42.1 Å². The highest BCUT2D eigenvalue weighted by molar-refractivity contribution is 5.99. The maximum Gasteiger partial charge on any atom is 0.422 e. The van der Waals surface area contributed by atoms with Crippen molar-refractivity contribution in [2.24, 2.45) is 5.92 Å². The molecule has 6 bridgehead atoms. The van der Waals surface area contributed by atoms with Crippen molar-refractivity contribution in [3.63, 3.8) is 0 Å². The van der Waals surface area contributed by atoms with Crippen LogP contribution in [-0.4, -0.2) is 89.0 Å². The Hall–Kier alpha value is -4.86. The number of nitrogens with zero attached hydrogens (tertiary/aromatic N) is 4. The smallest absolute Gasteiger partial charge is 0.422 e. The van der Waals surface area contributed by atoms with Gasteiger partial charge in [0.1, 0.15) is 17.5 Å². The van der Waals surface area contributed by atoms with Crippen LogP contribution in [0.15, 0.2) is 42.5 Å². The Balaban J connectivity index is 1.42. The number of carbonyl (C=O) groups excluding carboxylic acids is 1. The number of fused-ring (bicyclic) bond motifs is 10. The first-order chi connectivity index (χ1) is 23.0. The van der Waals surface area contributed by atoms with Gasteiger partial charge in [0.05, 0.1) is 18.8 Å². The van der Waals surface area contributed by atoms with Gasteiger partial charge in [-0.25, -0.2) is 4.79 Å². The second-order valence-electron chi connectivity index (χ2n) is 11.7. The lowest BCUT2D eigenvalue weighted by molar-refractivity contribution is -0.154. The molecule has 3 aromatic rings. The van der Waals surface area contributed by atoms with Gasteiger partial charge in [-0.15, -0.1) is 0 Å². The number of hydrogen-bond donors (Lipinski definition) is 4. The number of halogens is 3. The highest BCUT2D eigenvalue weighted by Crippen LogP contribution is 2.28. The van der Waals surface area contributed by atoms with E-state index in [0.717, 1.165) is 31.4 Å². The zero-order chi connectivity index (χ0) is 34.1. The van der Waals surface area contributed by atoms with Crippen LogP contribution in [0.2, 0.25) is 0 Å². The zero-order valence-corrected chi connectivity index (χ0v) is 26.4. The summed E-state index contributed by atoms with van der Waals surface area (Å²) >= 11 is 0. The third-order valence-corrected chi connectivity index (χ3v) is 7.85. The van der Waals surface area contributed by atoms with Gasteiger partial charge in [-0.1, -0.05) is 12.1 Å². The summed E-state index contributed by atoms with van der Waals surface area (Å²) in [6.07, 6.45) is -0.722. The summed E-state index contributed by atoms with van der Waals surface area (Å²) in [4.78, 5) is 39.9. The molecule has 1 fully saturated rings. The van der Waals surface area contributed by atoms with Gasteiger partial charge in [-0.2, -0.15) is 28.1 Å². The van der Waals surface area contributed by atoms with Crippen LogP contribution in [0.1, 0.15) is 48.0 Å². The molecule has 3 aliphatic rings. The van der Waals surface area contributed by atoms with Gasteiger partial charge < -0.3 is 40.2 Å². The van der Waals surface area contributed by atoms with E-state index in [0.29, 0.717) is 37.4 Å². The predicted molar refractivity (Wildman–Crippen MR) is 169 cm³/mol. The Labute approximate surface area is 275 Å². The minimum absolute atomic E-state index is 0.0411. The molecule has 48 heavy (non-hydrogen) atoms. The van der Waals surface area contributed by atoms with Gasteiger partial charge in [-0.05, 0) is 75.5 Å². The molecule has 0 spiro atoms. The van der Waals surface area contributed by atoms with Crippen molar-refractivity contribution in [2.75, 3.05) is 50.6 Å². The van der Waals surface area contributed by atoms with Gasteiger partial charge in [0.25, 0.3) is 5.91 Å². The van der Waals surface area contributed by atoms with E-state index < -0.39 is 36.7 Å². The second kappa shape index (κ2) is 15.8. The number of aromatic nitrogens is 3. The van der Waals surface area contributed by atoms with Crippen molar-refractivity contribution in [2.45, 2.75) is 50.9 Å². The van der Waals surface area contributed by atoms with Gasteiger partial charge in [0.2, 0.25) is 11.9 Å². The molecule has 4 N–H and O–H groups in total. The number of alkyl halides is 3. The van der Waals surface area contributed by atoms with E-state index >= 15 is 0 Å². The number of carboxylic acid groups (broad SMARTS) is 1. The van der Waals surface area contributed by atoms with E-state index in [1.807, 2.05) is 36.2 Å². The Bertz CT molecular complexity index is 1560. The number of anilines is 3. The first-order valence-electron chi connectivity index (χ1n) is 15.7. The van der Waals surface area contributed by atoms with Gasteiger partial charge in [0.15, 0.2) is 6.61 Å². The fourth-order valence-electron chi connectivity index (χ4n) is 5.39. The quantitative estimate of drug-likeness (QED) is 0.288. The molecule has 1 aromatic heterocycles. The summed E-state index contributed by atoms with van der Waals surface area (Å²) in [6, 6.07) is 10.3. The summed E-state index contributed by atoms with van der Waals surface area (Å²) in [5.41, 5.74) is 1.33. The maximum atomic E-state index is 13.5. The topological polar surface area (TPSA) is 160 Å². The minimum atomic E-state index is -4.62. The summed E-state index contributed by atoms with van der Waals surface area (Å²) < 4.78 is 55.5. The maximum absolute atomic E-state index is 13.5. The highest BCUT2D eigenvalue weighted by atomic mass is 19.4. The highest BCUT2D eigenvalue weighted by Gasteiger charge is 2.34. The number of benzene rings is 2. The number of likely N-dealkylation sites (tertiary alicyclic amines) is 1. The largest absolute Gasteiger partial charge is 0.494 e. The monoisotopic (exact) mass is 673 g/mol. The van der Waals surface area contributed by atoms with E-state index in [9.17, 15) is 27.9 Å². The van der Waals surface area contributed by atoms with E-state index in [1.54, 1.807) is 0 Å². The second-order valence-corrected chi connectivity index (χ2v) is 11.7. The number of ether oxygens (including phenoxy) is 3. The molecule has 0 radical (unpaired) electrons. The third kappa shape index (κ3) is 10.1. The van der Waals surface area contributed by atoms with E-state index in [4.69, 9.17) is 14.2 Å². The number of carbonyl (C=O) groups is 2. The lowest BCUT2D eigenvalue weighted by Crippen LogP contribution is -2.46. The number of aliphatic carboxylic acids is 1. The van der Waals surface area contributed by atoms with Crippen LogP contribution < -0.4 is 30.2 Å². The molecule has 0 aliphatic carbocycles. The molecule has 0 saturated carbocycles. The molecule has 2 atom stereocenters. The first kappa shape index (κ1) is 34.5. The predicted octanol–water partition coefficient (Wildman–Crippen LogP) is 4.63. The van der Waals surface area contributed by atoms with E-state index in [1.165, 1.54) is 18.2 Å². The van der Waals surface area contributed by atoms with Crippen LogP contribution in [0.3, 0.4) is 0 Å². The zero-order valence-electron chi connectivity index (χ0n) is 26.4. The Morgan fingerprint density at radius 3 is 2.46 bits per heavy atom. The molecule has 4 heterocycles. The van der Waals surface area contributed by atoms with Crippen molar-refractivity contribution in [3.05, 3.63) is 53.6 Å². The Morgan fingerprint density at radius 1 is 1.04 bits per heavy atom. The van der Waals surface area contributed by atoms with Crippen molar-refractivity contribution in [1.82, 2.24) is 25.2 Å². The van der Waals surface area contributed by atoms with Crippen LogP contribution in [0.25, 0.3) is 0 Å². The molecule has 3 aliphatic heterocycles. The molecule has 2 unspecified atom stereocenters. The SMILES string of the molecule is CN1CCC(C(NC(=O)c2ccc3cc2OCCCCCCOc2ccc(cc2)CNc2nc(nc(OCC(F)(F)F)n2)N3)C(=O)O)C1. The number of nitrogens with one attached hydrogen (secondary N) is 3. The van der Waals surface area contributed by atoms with Gasteiger partial charge in [-0.3, -0.25) is 4.79 Å². The number of carboxylic acids is 1. The van der Waals surface area contributed by atoms with Crippen LogP contribution in [0.4, 0.5) is 30.8 Å². The summed E-state index contributed by atoms with van der Waals surface area (Å²) in [6.45, 7) is 0.725. The molecular weight excluding hydrogens is 635 g/mol. The average molecular weight is 674 g/mol. The molecule has 6 rings (SSSR count). The fourth-order valence-corrected chi connectivity index (χ4v) is 5.39. The van der Waals surface area contributed by atoms with E-state index in [-0.39, 0.29) is 42.3 Å². The molecular formula is C32H38F3N7O6. The number of hydrogen-bond acceptors (Lipinski definition) is 11. The van der Waals surface area contributed by atoms with E-state index in [2.05, 4.69) is 30.9 Å². The van der Waals surface area contributed by atoms with Gasteiger partial charge >= 0.3 is 18.2 Å². The normalized spacial score (nSPS) is 18.2. The lowest BCUT2D eigenvalue weighted by Gasteiger charge is -2.22. The van der Waals surface area contributed by atoms with Crippen molar-refractivity contribution in [3.8, 4) is 17.5 Å². The van der Waals surface area contributed by atoms with Crippen molar-refractivity contribution in [1.29, 1.82) is 0 Å². The molecule has 2 aromatic carbocycles. The lowest BCUT2D eigenvalue weighted by atomic mass is 9.98. The summed E-state index contributed by atoms with van der Waals surface area (Å²) in [7, 11) is 1.90. The standard InChI is InChI=1S/C32H38F3N7O6/c1-42-13-12-21(18-42)26(28(44)45)38-27(43)24-11-8-22-16-25(24)47-15-5-3-2-4-14-46-23-9-6-20(7-10-23)17-36-29-39-30(37-22)41-31(40-29)48-19-32(33,34)35/h6-11,16,21,26H,2-5,12-15,17-19H2,1H3,(H,38,43)(H,44,45)(H2,36,37,39,40,41). The number of amides is 1. The van der Waals surface area contributed by atoms with Crippen molar-refractivity contribution >= 4 is 29.5 Å². The van der Waals surface area contributed by atoms with Crippen LogP contribution >= 0.6 is 0 Å². The molecule has 13 nitrogen and oxygen atoms in total. The first-order valence-corrected chi connectivity index (χ1v) is 15.7. The van der Waals surface area contributed by atoms with Crippen LogP contribution in [0.5, 0.6) is 17.5 Å². The molecule has 1 amide bonds. The molecule has 258 valence electrons. The third-order valence-electron chi connectivity index (χ3n) is 7.85. The average Bonchev–Trinajstić information content (AvgIpc) is 3.48. The Morgan fingerprint density at radius 2 is 1.77 bits per heavy atom. The molecule has 16 heteroatoms. The fraction of sp³-hybridized carbons (Fsp3) is 0.469. The number of rotatable bonds is 6. The minimum Gasteiger partial charge on any atom is -0.494 e. The molecule has 1 saturated heterocycles. The van der Waals surface area contributed by atoms with Crippen LogP contribution in [0, 0.1) is 5.92 Å². The summed E-state index contributed by atoms with van der Waals surface area (Å²) in [5, 5.41) is 18.5.